The first-order valence-corrected chi connectivity index (χ1v) is 3.84. The van der Waals surface area contributed by atoms with E-state index in [-0.39, 0.29) is 12.6 Å². The summed E-state index contributed by atoms with van der Waals surface area (Å²) in [5, 5.41) is 8.71. The van der Waals surface area contributed by atoms with Crippen molar-refractivity contribution in [3.8, 4) is 0 Å². The summed E-state index contributed by atoms with van der Waals surface area (Å²) in [5.74, 6) is 1.24. The van der Waals surface area contributed by atoms with E-state index in [0.717, 1.165) is 0 Å². The van der Waals surface area contributed by atoms with Gasteiger partial charge in [0.1, 0.15) is 18.1 Å². The lowest BCUT2D eigenvalue weighted by molar-refractivity contribution is 0.241. The molecule has 0 saturated carbocycles. The molecule has 0 aliphatic rings. The highest BCUT2D eigenvalue weighted by atomic mass is 16.4. The van der Waals surface area contributed by atoms with Gasteiger partial charge in [0.25, 0.3) is 0 Å². The molecule has 3 N–H and O–H groups in total. The van der Waals surface area contributed by atoms with Crippen LogP contribution in [0.3, 0.4) is 0 Å². The molecule has 1 aromatic heterocycles. The molecule has 0 bridgehead atoms. The van der Waals surface area contributed by atoms with Crippen molar-refractivity contribution in [2.75, 3.05) is 0 Å². The lowest BCUT2D eigenvalue weighted by atomic mass is 10.2. The van der Waals surface area contributed by atoms with Crippen LogP contribution in [0.25, 0.3) is 0 Å². The molecule has 1 heterocycles. The fraction of sp³-hybridized carbons (Fsp3) is 0.333. The maximum Gasteiger partial charge on any atom is 0.129 e. The zero-order valence-corrected chi connectivity index (χ0v) is 6.86. The molecular weight excluding hydrogens is 154 g/mol. The van der Waals surface area contributed by atoms with Gasteiger partial charge in [0.2, 0.25) is 0 Å². The van der Waals surface area contributed by atoms with Gasteiger partial charge in [0.05, 0.1) is 6.04 Å². The molecular formula is C9H13NO2. The van der Waals surface area contributed by atoms with Gasteiger partial charge >= 0.3 is 0 Å². The van der Waals surface area contributed by atoms with Crippen LogP contribution in [0.4, 0.5) is 0 Å². The first kappa shape index (κ1) is 9.03. The van der Waals surface area contributed by atoms with Gasteiger partial charge in [-0.3, -0.25) is 0 Å². The second-order valence-electron chi connectivity index (χ2n) is 2.59. The summed E-state index contributed by atoms with van der Waals surface area (Å²) in [6, 6.07) is 3.35. The highest BCUT2D eigenvalue weighted by molar-refractivity contribution is 5.10. The summed E-state index contributed by atoms with van der Waals surface area (Å²) in [5.41, 5.74) is 5.73. The third-order valence-corrected chi connectivity index (χ3v) is 1.62. The first-order valence-electron chi connectivity index (χ1n) is 3.84. The minimum Gasteiger partial charge on any atom is -0.462 e. The Labute approximate surface area is 71.5 Å². The fourth-order valence-electron chi connectivity index (χ4n) is 0.974. The molecule has 0 aliphatic heterocycles. The molecule has 1 aromatic rings. The zero-order valence-electron chi connectivity index (χ0n) is 6.86. The van der Waals surface area contributed by atoms with Crippen LogP contribution in [0.1, 0.15) is 24.0 Å². The average Bonchev–Trinajstić information content (AvgIpc) is 2.52. The van der Waals surface area contributed by atoms with Gasteiger partial charge in [0, 0.05) is 0 Å². The van der Waals surface area contributed by atoms with E-state index < -0.39 is 0 Å². The van der Waals surface area contributed by atoms with Crippen molar-refractivity contribution in [2.45, 2.75) is 19.1 Å². The molecule has 3 nitrogen and oxygen atoms in total. The lowest BCUT2D eigenvalue weighted by Crippen LogP contribution is -2.07. The van der Waals surface area contributed by atoms with Crippen LogP contribution in [-0.4, -0.2) is 5.11 Å². The van der Waals surface area contributed by atoms with Gasteiger partial charge in [-0.2, -0.15) is 0 Å². The van der Waals surface area contributed by atoms with Crippen LogP contribution in [0.2, 0.25) is 0 Å². The first-order chi connectivity index (χ1) is 5.77. The van der Waals surface area contributed by atoms with E-state index in [9.17, 15) is 0 Å². The second-order valence-corrected chi connectivity index (χ2v) is 2.59. The molecule has 0 unspecified atom stereocenters. The number of nitrogens with two attached hydrogens (primary N) is 1. The Bertz CT molecular complexity index is 255. The number of aliphatic hydroxyl groups excluding tert-OH is 1. The van der Waals surface area contributed by atoms with Gasteiger partial charge in [-0.25, -0.2) is 0 Å². The summed E-state index contributed by atoms with van der Waals surface area (Å²) >= 11 is 0. The Morgan fingerprint density at radius 3 is 2.92 bits per heavy atom. The van der Waals surface area contributed by atoms with E-state index in [2.05, 4.69) is 6.58 Å². The predicted octanol–water partition coefficient (Wildman–Crippen LogP) is 1.35. The van der Waals surface area contributed by atoms with Crippen LogP contribution < -0.4 is 5.73 Å². The highest BCUT2D eigenvalue weighted by Crippen LogP contribution is 2.17. The molecule has 0 radical (unpaired) electrons. The van der Waals surface area contributed by atoms with Crippen LogP contribution in [0.5, 0.6) is 0 Å². The fourth-order valence-corrected chi connectivity index (χ4v) is 0.974. The smallest absolute Gasteiger partial charge is 0.129 e. The van der Waals surface area contributed by atoms with Crippen LogP contribution >= 0.6 is 0 Å². The zero-order chi connectivity index (χ0) is 8.97. The van der Waals surface area contributed by atoms with Crippen molar-refractivity contribution in [3.63, 3.8) is 0 Å². The van der Waals surface area contributed by atoms with E-state index in [4.69, 9.17) is 15.3 Å². The number of rotatable bonds is 4. The quantitative estimate of drug-likeness (QED) is 0.665. The van der Waals surface area contributed by atoms with Crippen molar-refractivity contribution < 1.29 is 9.52 Å². The van der Waals surface area contributed by atoms with Crippen molar-refractivity contribution >= 4 is 0 Å². The Morgan fingerprint density at radius 2 is 2.42 bits per heavy atom. The van der Waals surface area contributed by atoms with E-state index in [1.54, 1.807) is 18.2 Å². The molecule has 0 saturated heterocycles. The number of hydrogen-bond acceptors (Lipinski definition) is 3. The van der Waals surface area contributed by atoms with Gasteiger partial charge in [0.15, 0.2) is 0 Å². The maximum absolute atomic E-state index is 8.71. The molecule has 0 spiro atoms. The molecule has 0 aliphatic carbocycles. The van der Waals surface area contributed by atoms with Crippen molar-refractivity contribution in [3.05, 3.63) is 36.3 Å². The molecule has 0 aromatic carbocycles. The third-order valence-electron chi connectivity index (χ3n) is 1.62. The monoisotopic (exact) mass is 167 g/mol. The predicted molar refractivity (Wildman–Crippen MR) is 46.4 cm³/mol. The second kappa shape index (κ2) is 4.09. The summed E-state index contributed by atoms with van der Waals surface area (Å²) in [7, 11) is 0. The van der Waals surface area contributed by atoms with Gasteiger partial charge in [-0.05, 0) is 18.6 Å². The van der Waals surface area contributed by atoms with Crippen molar-refractivity contribution in [2.24, 2.45) is 5.73 Å². The van der Waals surface area contributed by atoms with Gasteiger partial charge in [-0.1, -0.05) is 6.08 Å². The van der Waals surface area contributed by atoms with Crippen LogP contribution in [-0.2, 0) is 6.61 Å². The van der Waals surface area contributed by atoms with E-state index in [0.29, 0.717) is 17.9 Å². The average molecular weight is 167 g/mol. The highest BCUT2D eigenvalue weighted by Gasteiger charge is 2.08. The Balaban J connectivity index is 2.67. The minimum absolute atomic E-state index is 0.0825. The van der Waals surface area contributed by atoms with Crippen molar-refractivity contribution in [1.82, 2.24) is 0 Å². The Kier molecular flexibility index (Phi) is 3.08. The summed E-state index contributed by atoms with van der Waals surface area (Å²) in [6.07, 6.45) is 2.42. The minimum atomic E-state index is -0.150. The van der Waals surface area contributed by atoms with Gasteiger partial charge < -0.3 is 15.3 Å². The van der Waals surface area contributed by atoms with Gasteiger partial charge in [-0.15, -0.1) is 6.58 Å². The SMILES string of the molecule is C=CC[C@@H](N)c1ccc(CO)o1. The van der Waals surface area contributed by atoms with Crippen LogP contribution in [0, 0.1) is 0 Å². The molecule has 3 heteroatoms. The molecule has 1 rings (SSSR count). The largest absolute Gasteiger partial charge is 0.462 e. The van der Waals surface area contributed by atoms with E-state index in [1.165, 1.54) is 0 Å². The third kappa shape index (κ3) is 1.96. The number of aliphatic hydroxyl groups is 1. The Morgan fingerprint density at radius 1 is 1.67 bits per heavy atom. The summed E-state index contributed by atoms with van der Waals surface area (Å²) in [4.78, 5) is 0. The van der Waals surface area contributed by atoms with Crippen molar-refractivity contribution in [1.29, 1.82) is 0 Å². The molecule has 0 fully saturated rings. The molecule has 66 valence electrons. The molecule has 0 amide bonds. The molecule has 1 atom stereocenters. The van der Waals surface area contributed by atoms with E-state index >= 15 is 0 Å². The topological polar surface area (TPSA) is 59.4 Å². The summed E-state index contributed by atoms with van der Waals surface area (Å²) in [6.45, 7) is 3.50. The lowest BCUT2D eigenvalue weighted by Gasteiger charge is -2.03. The summed E-state index contributed by atoms with van der Waals surface area (Å²) < 4.78 is 5.22. The maximum atomic E-state index is 8.71. The molecule has 12 heavy (non-hydrogen) atoms. The Hall–Kier alpha value is -1.06. The number of furan rings is 1. The van der Waals surface area contributed by atoms with E-state index in [1.807, 2.05) is 0 Å². The number of hydrogen-bond donors (Lipinski definition) is 2. The normalized spacial score (nSPS) is 12.8. The standard InChI is InChI=1S/C9H13NO2/c1-2-3-8(10)9-5-4-7(6-11)12-9/h2,4-5,8,11H,1,3,6,10H2/t8-/m1/s1. The van der Waals surface area contributed by atoms with Crippen LogP contribution in [0.15, 0.2) is 29.2 Å².